The van der Waals surface area contributed by atoms with Crippen molar-refractivity contribution in [2.75, 3.05) is 49.5 Å². The van der Waals surface area contributed by atoms with Crippen molar-refractivity contribution in [3.8, 4) is 0 Å². The number of benzene rings is 2. The second-order valence-corrected chi connectivity index (χ2v) is 8.15. The molecule has 32 heavy (non-hydrogen) atoms. The number of rotatable bonds is 7. The predicted octanol–water partition coefficient (Wildman–Crippen LogP) is 3.76. The Labute approximate surface area is 186 Å². The summed E-state index contributed by atoms with van der Waals surface area (Å²) < 4.78 is 15.3. The second-order valence-electron chi connectivity index (χ2n) is 8.15. The number of fused-ring (bicyclic) bond motifs is 3. The standard InChI is InChI=1S/C24H28FN7/c1-2-32-21-7-4-3-6-20(21)22-23(32)27-24(29-28-22)26-12-5-13-30-14-16-31(17-15-30)19-10-8-18(25)9-11-19/h3-4,6-11H,2,5,12-17H2,1H3,(H,26,27,29). The largest absolute Gasteiger partial charge is 0.369 e. The van der Waals surface area contributed by atoms with E-state index in [0.717, 1.165) is 80.0 Å². The molecule has 0 unspecified atom stereocenters. The Morgan fingerprint density at radius 1 is 0.969 bits per heavy atom. The smallest absolute Gasteiger partial charge is 0.244 e. The van der Waals surface area contributed by atoms with Gasteiger partial charge in [-0.05, 0) is 50.2 Å². The quantitative estimate of drug-likeness (QED) is 0.448. The minimum Gasteiger partial charge on any atom is -0.369 e. The third-order valence-electron chi connectivity index (χ3n) is 6.19. The Morgan fingerprint density at radius 2 is 1.75 bits per heavy atom. The van der Waals surface area contributed by atoms with Crippen LogP contribution in [0.25, 0.3) is 22.1 Å². The lowest BCUT2D eigenvalue weighted by Crippen LogP contribution is -2.46. The first kappa shape index (κ1) is 20.6. The van der Waals surface area contributed by atoms with Crippen LogP contribution in [0, 0.1) is 5.82 Å². The summed E-state index contributed by atoms with van der Waals surface area (Å²) in [6.07, 6.45) is 1.01. The van der Waals surface area contributed by atoms with E-state index in [0.29, 0.717) is 5.95 Å². The third kappa shape index (κ3) is 4.10. The number of halogens is 1. The fraction of sp³-hybridized carbons (Fsp3) is 0.375. The Balaban J connectivity index is 1.13. The molecule has 0 bridgehead atoms. The summed E-state index contributed by atoms with van der Waals surface area (Å²) in [4.78, 5) is 9.53. The van der Waals surface area contributed by atoms with Gasteiger partial charge in [0.1, 0.15) is 11.3 Å². The molecule has 3 heterocycles. The van der Waals surface area contributed by atoms with Gasteiger partial charge in [-0.15, -0.1) is 10.2 Å². The molecular formula is C24H28FN7. The highest BCUT2D eigenvalue weighted by Crippen LogP contribution is 2.26. The number of para-hydroxylation sites is 1. The van der Waals surface area contributed by atoms with Gasteiger partial charge < -0.3 is 14.8 Å². The molecule has 8 heteroatoms. The minimum atomic E-state index is -0.186. The second kappa shape index (κ2) is 9.08. The van der Waals surface area contributed by atoms with Gasteiger partial charge in [-0.3, -0.25) is 4.90 Å². The van der Waals surface area contributed by atoms with E-state index in [1.54, 1.807) is 0 Å². The van der Waals surface area contributed by atoms with Crippen molar-refractivity contribution in [2.24, 2.45) is 0 Å². The van der Waals surface area contributed by atoms with E-state index in [1.807, 2.05) is 24.3 Å². The van der Waals surface area contributed by atoms with Crippen molar-refractivity contribution < 1.29 is 4.39 Å². The molecular weight excluding hydrogens is 405 g/mol. The molecule has 2 aromatic heterocycles. The Bertz CT molecular complexity index is 1200. The van der Waals surface area contributed by atoms with Gasteiger partial charge in [0.05, 0.1) is 5.52 Å². The van der Waals surface area contributed by atoms with Gasteiger partial charge in [0, 0.05) is 50.3 Å². The fourth-order valence-corrected chi connectivity index (χ4v) is 4.48. The van der Waals surface area contributed by atoms with Crippen LogP contribution in [-0.4, -0.2) is 63.9 Å². The Kier molecular flexibility index (Phi) is 5.85. The minimum absolute atomic E-state index is 0.186. The molecule has 0 saturated carbocycles. The predicted molar refractivity (Wildman–Crippen MR) is 127 cm³/mol. The Morgan fingerprint density at radius 3 is 2.53 bits per heavy atom. The SMILES string of the molecule is CCn1c2ccccc2c2nnc(NCCCN3CCN(c4ccc(F)cc4)CC3)nc21. The zero-order valence-corrected chi connectivity index (χ0v) is 18.3. The van der Waals surface area contributed by atoms with Crippen molar-refractivity contribution in [3.05, 3.63) is 54.3 Å². The van der Waals surface area contributed by atoms with E-state index in [9.17, 15) is 4.39 Å². The number of aromatic nitrogens is 4. The van der Waals surface area contributed by atoms with E-state index in [4.69, 9.17) is 4.98 Å². The number of aryl methyl sites for hydroxylation is 1. The van der Waals surface area contributed by atoms with Crippen LogP contribution in [0.1, 0.15) is 13.3 Å². The molecule has 0 aliphatic carbocycles. The first-order chi connectivity index (χ1) is 15.7. The maximum absolute atomic E-state index is 13.1. The molecule has 4 aromatic rings. The van der Waals surface area contributed by atoms with Crippen LogP contribution in [0.3, 0.4) is 0 Å². The van der Waals surface area contributed by atoms with Crippen molar-refractivity contribution >= 4 is 33.7 Å². The fourth-order valence-electron chi connectivity index (χ4n) is 4.48. The molecule has 7 nitrogen and oxygen atoms in total. The molecule has 5 rings (SSSR count). The number of hydrogen-bond acceptors (Lipinski definition) is 6. The lowest BCUT2D eigenvalue weighted by Gasteiger charge is -2.36. The molecule has 1 saturated heterocycles. The highest BCUT2D eigenvalue weighted by atomic mass is 19.1. The van der Waals surface area contributed by atoms with Gasteiger partial charge in [0.2, 0.25) is 5.95 Å². The molecule has 1 aliphatic rings. The summed E-state index contributed by atoms with van der Waals surface area (Å²) in [6.45, 7) is 8.74. The molecule has 0 atom stereocenters. The van der Waals surface area contributed by atoms with Gasteiger partial charge in [0.15, 0.2) is 5.65 Å². The summed E-state index contributed by atoms with van der Waals surface area (Å²) >= 11 is 0. The number of piperazine rings is 1. The average molecular weight is 434 g/mol. The zero-order valence-electron chi connectivity index (χ0n) is 18.3. The molecule has 1 N–H and O–H groups in total. The first-order valence-corrected chi connectivity index (χ1v) is 11.3. The van der Waals surface area contributed by atoms with Gasteiger partial charge in [-0.2, -0.15) is 4.98 Å². The van der Waals surface area contributed by atoms with Gasteiger partial charge in [-0.25, -0.2) is 4.39 Å². The number of nitrogens with zero attached hydrogens (tertiary/aromatic N) is 6. The van der Waals surface area contributed by atoms with E-state index >= 15 is 0 Å². The molecule has 2 aromatic carbocycles. The average Bonchev–Trinajstić information content (AvgIpc) is 3.15. The third-order valence-corrected chi connectivity index (χ3v) is 6.19. The van der Waals surface area contributed by atoms with E-state index in [2.05, 4.69) is 48.9 Å². The molecule has 1 fully saturated rings. The summed E-state index contributed by atoms with van der Waals surface area (Å²) in [7, 11) is 0. The lowest BCUT2D eigenvalue weighted by molar-refractivity contribution is 0.257. The van der Waals surface area contributed by atoms with Gasteiger partial charge >= 0.3 is 0 Å². The summed E-state index contributed by atoms with van der Waals surface area (Å²) in [5, 5.41) is 13.2. The van der Waals surface area contributed by atoms with Crippen molar-refractivity contribution in [1.29, 1.82) is 0 Å². The van der Waals surface area contributed by atoms with Crippen LogP contribution in [-0.2, 0) is 6.54 Å². The van der Waals surface area contributed by atoms with Crippen LogP contribution in [0.15, 0.2) is 48.5 Å². The highest BCUT2D eigenvalue weighted by Gasteiger charge is 2.17. The van der Waals surface area contributed by atoms with Crippen LogP contribution in [0.4, 0.5) is 16.0 Å². The van der Waals surface area contributed by atoms with Crippen molar-refractivity contribution in [3.63, 3.8) is 0 Å². The normalized spacial score (nSPS) is 15.0. The summed E-state index contributed by atoms with van der Waals surface area (Å²) in [6, 6.07) is 15.0. The van der Waals surface area contributed by atoms with Crippen LogP contribution >= 0.6 is 0 Å². The van der Waals surface area contributed by atoms with Crippen molar-refractivity contribution in [1.82, 2.24) is 24.6 Å². The zero-order chi connectivity index (χ0) is 21.9. The number of nitrogens with one attached hydrogen (secondary N) is 1. The maximum atomic E-state index is 13.1. The molecule has 0 radical (unpaired) electrons. The highest BCUT2D eigenvalue weighted by molar-refractivity contribution is 6.04. The van der Waals surface area contributed by atoms with E-state index < -0.39 is 0 Å². The van der Waals surface area contributed by atoms with Crippen LogP contribution < -0.4 is 10.2 Å². The molecule has 166 valence electrons. The number of hydrogen-bond donors (Lipinski definition) is 1. The Hall–Kier alpha value is -3.26. The van der Waals surface area contributed by atoms with E-state index in [-0.39, 0.29) is 5.82 Å². The molecule has 0 spiro atoms. The van der Waals surface area contributed by atoms with Crippen LogP contribution in [0.5, 0.6) is 0 Å². The molecule has 0 amide bonds. The molecule has 1 aliphatic heterocycles. The van der Waals surface area contributed by atoms with Gasteiger partial charge in [-0.1, -0.05) is 18.2 Å². The summed E-state index contributed by atoms with van der Waals surface area (Å²) in [5.74, 6) is 0.394. The van der Waals surface area contributed by atoms with E-state index in [1.165, 1.54) is 12.1 Å². The lowest BCUT2D eigenvalue weighted by atomic mass is 10.2. The summed E-state index contributed by atoms with van der Waals surface area (Å²) in [5.41, 5.74) is 3.97. The topological polar surface area (TPSA) is 62.1 Å². The number of anilines is 2. The monoisotopic (exact) mass is 433 g/mol. The first-order valence-electron chi connectivity index (χ1n) is 11.3. The van der Waals surface area contributed by atoms with Gasteiger partial charge in [0.25, 0.3) is 0 Å². The maximum Gasteiger partial charge on any atom is 0.244 e. The van der Waals surface area contributed by atoms with Crippen molar-refractivity contribution in [2.45, 2.75) is 19.9 Å². The van der Waals surface area contributed by atoms with Crippen LogP contribution in [0.2, 0.25) is 0 Å².